The Morgan fingerprint density at radius 3 is 2.81 bits per heavy atom. The minimum atomic E-state index is -0.229. The Labute approximate surface area is 193 Å². The summed E-state index contributed by atoms with van der Waals surface area (Å²) in [6.07, 6.45) is 0. The predicted octanol–water partition coefficient (Wildman–Crippen LogP) is 7.20. The monoisotopic (exact) mass is 498 g/mol. The SMILES string of the molecule is CC(C)COc1cccc(C(=O)Nc2ccc3oc(-c4cc(Br)ccc4Cl)nc3c2)c1. The van der Waals surface area contributed by atoms with Crippen molar-refractivity contribution in [3.63, 3.8) is 0 Å². The van der Waals surface area contributed by atoms with E-state index < -0.39 is 0 Å². The fraction of sp³-hybridized carbons (Fsp3) is 0.167. The van der Waals surface area contributed by atoms with Crippen LogP contribution in [0.2, 0.25) is 5.02 Å². The molecule has 1 N–H and O–H groups in total. The van der Waals surface area contributed by atoms with Crippen LogP contribution in [-0.2, 0) is 0 Å². The molecule has 31 heavy (non-hydrogen) atoms. The molecule has 0 bridgehead atoms. The Kier molecular flexibility index (Phi) is 6.30. The molecule has 4 rings (SSSR count). The third kappa shape index (κ3) is 5.09. The molecule has 0 unspecified atom stereocenters. The van der Waals surface area contributed by atoms with Crippen LogP contribution >= 0.6 is 27.5 Å². The van der Waals surface area contributed by atoms with Gasteiger partial charge < -0.3 is 14.5 Å². The number of anilines is 1. The Balaban J connectivity index is 1.55. The maximum atomic E-state index is 12.7. The van der Waals surface area contributed by atoms with E-state index in [1.165, 1.54) is 0 Å². The van der Waals surface area contributed by atoms with Crippen LogP contribution in [0.25, 0.3) is 22.6 Å². The molecule has 1 amide bonds. The molecule has 4 aromatic rings. The molecule has 0 aliphatic carbocycles. The van der Waals surface area contributed by atoms with Crippen LogP contribution in [0.5, 0.6) is 5.75 Å². The van der Waals surface area contributed by atoms with Crippen molar-refractivity contribution in [1.29, 1.82) is 0 Å². The van der Waals surface area contributed by atoms with Crippen molar-refractivity contribution < 1.29 is 13.9 Å². The molecule has 158 valence electrons. The van der Waals surface area contributed by atoms with Crippen molar-refractivity contribution in [3.05, 3.63) is 75.7 Å². The first kappa shape index (κ1) is 21.4. The summed E-state index contributed by atoms with van der Waals surface area (Å²) in [5.41, 5.74) is 3.05. The number of benzene rings is 3. The average Bonchev–Trinajstić information content (AvgIpc) is 3.17. The van der Waals surface area contributed by atoms with E-state index >= 15 is 0 Å². The molecule has 0 saturated carbocycles. The quantitative estimate of drug-likeness (QED) is 0.305. The first-order chi connectivity index (χ1) is 14.9. The van der Waals surface area contributed by atoms with Gasteiger partial charge in [-0.15, -0.1) is 0 Å². The van der Waals surface area contributed by atoms with E-state index in [1.54, 1.807) is 42.5 Å². The molecule has 3 aromatic carbocycles. The number of nitrogens with one attached hydrogen (secondary N) is 1. The Morgan fingerprint density at radius 1 is 1.16 bits per heavy atom. The van der Waals surface area contributed by atoms with E-state index in [2.05, 4.69) is 40.1 Å². The van der Waals surface area contributed by atoms with Gasteiger partial charge in [0, 0.05) is 15.7 Å². The van der Waals surface area contributed by atoms with Crippen LogP contribution in [0.3, 0.4) is 0 Å². The number of rotatable bonds is 6. The lowest BCUT2D eigenvalue weighted by Gasteiger charge is -2.10. The van der Waals surface area contributed by atoms with E-state index in [1.807, 2.05) is 18.2 Å². The minimum absolute atomic E-state index is 0.229. The highest BCUT2D eigenvalue weighted by Gasteiger charge is 2.14. The average molecular weight is 500 g/mol. The van der Waals surface area contributed by atoms with E-state index in [-0.39, 0.29) is 5.91 Å². The Hall–Kier alpha value is -2.83. The molecule has 5 nitrogen and oxygen atoms in total. The molecule has 0 spiro atoms. The highest BCUT2D eigenvalue weighted by molar-refractivity contribution is 9.10. The number of amides is 1. The number of ether oxygens (including phenoxy) is 1. The lowest BCUT2D eigenvalue weighted by molar-refractivity contribution is 0.102. The van der Waals surface area contributed by atoms with Gasteiger partial charge in [0.25, 0.3) is 5.91 Å². The zero-order valence-electron chi connectivity index (χ0n) is 17.0. The van der Waals surface area contributed by atoms with Crippen molar-refractivity contribution in [3.8, 4) is 17.2 Å². The van der Waals surface area contributed by atoms with Crippen LogP contribution in [0.1, 0.15) is 24.2 Å². The lowest BCUT2D eigenvalue weighted by atomic mass is 10.2. The maximum absolute atomic E-state index is 12.7. The first-order valence-electron chi connectivity index (χ1n) is 9.79. The fourth-order valence-electron chi connectivity index (χ4n) is 2.98. The van der Waals surface area contributed by atoms with Gasteiger partial charge in [-0.2, -0.15) is 0 Å². The molecular formula is C24H20BrClN2O3. The number of aromatic nitrogens is 1. The van der Waals surface area contributed by atoms with E-state index in [9.17, 15) is 4.79 Å². The molecule has 0 radical (unpaired) electrons. The van der Waals surface area contributed by atoms with Crippen LogP contribution in [0, 0.1) is 5.92 Å². The van der Waals surface area contributed by atoms with Crippen LogP contribution in [0.4, 0.5) is 5.69 Å². The minimum Gasteiger partial charge on any atom is -0.493 e. The smallest absolute Gasteiger partial charge is 0.255 e. The zero-order valence-corrected chi connectivity index (χ0v) is 19.3. The number of carbonyl (C=O) groups is 1. The second-order valence-corrected chi connectivity index (χ2v) is 8.84. The summed E-state index contributed by atoms with van der Waals surface area (Å²) >= 11 is 9.73. The van der Waals surface area contributed by atoms with Crippen LogP contribution in [0.15, 0.2) is 69.6 Å². The summed E-state index contributed by atoms with van der Waals surface area (Å²) < 4.78 is 12.4. The van der Waals surface area contributed by atoms with Crippen LogP contribution < -0.4 is 10.1 Å². The third-order valence-electron chi connectivity index (χ3n) is 4.48. The van der Waals surface area contributed by atoms with E-state index in [4.69, 9.17) is 20.8 Å². The van der Waals surface area contributed by atoms with Crippen molar-refractivity contribution >= 4 is 50.2 Å². The van der Waals surface area contributed by atoms with Gasteiger partial charge in [0.05, 0.1) is 17.2 Å². The van der Waals surface area contributed by atoms with Crippen LogP contribution in [-0.4, -0.2) is 17.5 Å². The van der Waals surface area contributed by atoms with Crippen molar-refractivity contribution in [2.24, 2.45) is 5.92 Å². The highest BCUT2D eigenvalue weighted by Crippen LogP contribution is 2.33. The number of oxazole rings is 1. The van der Waals surface area contributed by atoms with E-state index in [0.717, 1.165) is 4.47 Å². The maximum Gasteiger partial charge on any atom is 0.255 e. The molecule has 7 heteroatoms. The molecule has 0 saturated heterocycles. The van der Waals surface area contributed by atoms with Gasteiger partial charge in [-0.25, -0.2) is 4.98 Å². The molecule has 1 heterocycles. The normalized spacial score (nSPS) is 11.1. The topological polar surface area (TPSA) is 64.4 Å². The van der Waals surface area contributed by atoms with Gasteiger partial charge in [-0.1, -0.05) is 47.4 Å². The Morgan fingerprint density at radius 2 is 2.00 bits per heavy atom. The number of nitrogens with zero attached hydrogens (tertiary/aromatic N) is 1. The largest absolute Gasteiger partial charge is 0.493 e. The third-order valence-corrected chi connectivity index (χ3v) is 5.31. The second kappa shape index (κ2) is 9.12. The van der Waals surface area contributed by atoms with Gasteiger partial charge in [-0.3, -0.25) is 4.79 Å². The number of carbonyl (C=O) groups excluding carboxylic acids is 1. The Bertz CT molecular complexity index is 1250. The van der Waals surface area contributed by atoms with Gasteiger partial charge in [-0.05, 0) is 60.5 Å². The summed E-state index contributed by atoms with van der Waals surface area (Å²) in [6.45, 7) is 4.75. The van der Waals surface area contributed by atoms with E-state index in [0.29, 0.717) is 57.1 Å². The number of fused-ring (bicyclic) bond motifs is 1. The lowest BCUT2D eigenvalue weighted by Crippen LogP contribution is -2.12. The first-order valence-corrected chi connectivity index (χ1v) is 11.0. The summed E-state index contributed by atoms with van der Waals surface area (Å²) in [5.74, 6) is 1.26. The highest BCUT2D eigenvalue weighted by atomic mass is 79.9. The van der Waals surface area contributed by atoms with Crippen molar-refractivity contribution in [2.75, 3.05) is 11.9 Å². The van der Waals surface area contributed by atoms with Gasteiger partial charge in [0.2, 0.25) is 5.89 Å². The van der Waals surface area contributed by atoms with Gasteiger partial charge in [0.1, 0.15) is 11.3 Å². The van der Waals surface area contributed by atoms with Gasteiger partial charge in [0.15, 0.2) is 5.58 Å². The predicted molar refractivity (Wildman–Crippen MR) is 127 cm³/mol. The molecule has 1 aromatic heterocycles. The zero-order chi connectivity index (χ0) is 22.0. The summed E-state index contributed by atoms with van der Waals surface area (Å²) in [6, 6.07) is 17.9. The number of halogens is 2. The standard InChI is InChI=1S/C24H20BrClN2O3/c1-14(2)13-30-18-5-3-4-15(10-18)23(29)27-17-7-9-22-21(12-17)28-24(31-22)19-11-16(25)6-8-20(19)26/h3-12,14H,13H2,1-2H3,(H,27,29). The molecule has 0 atom stereocenters. The summed E-state index contributed by atoms with van der Waals surface area (Å²) in [4.78, 5) is 17.3. The van der Waals surface area contributed by atoms with Crippen molar-refractivity contribution in [1.82, 2.24) is 4.98 Å². The summed E-state index contributed by atoms with van der Waals surface area (Å²) in [7, 11) is 0. The molecule has 0 aliphatic heterocycles. The van der Waals surface area contributed by atoms with Gasteiger partial charge >= 0.3 is 0 Å². The molecule has 0 aliphatic rings. The van der Waals surface area contributed by atoms with Crippen molar-refractivity contribution in [2.45, 2.75) is 13.8 Å². The number of hydrogen-bond donors (Lipinski definition) is 1. The second-order valence-electron chi connectivity index (χ2n) is 7.51. The number of hydrogen-bond acceptors (Lipinski definition) is 4. The fourth-order valence-corrected chi connectivity index (χ4v) is 3.53. The summed E-state index contributed by atoms with van der Waals surface area (Å²) in [5, 5.41) is 3.45. The molecule has 0 fully saturated rings. The molecular weight excluding hydrogens is 480 g/mol.